The summed E-state index contributed by atoms with van der Waals surface area (Å²) in [6.45, 7) is 8.22. The minimum absolute atomic E-state index is 0.0384. The van der Waals surface area contributed by atoms with Crippen molar-refractivity contribution in [3.63, 3.8) is 0 Å². The van der Waals surface area contributed by atoms with Crippen molar-refractivity contribution in [2.75, 3.05) is 11.9 Å². The van der Waals surface area contributed by atoms with Gasteiger partial charge in [-0.3, -0.25) is 4.79 Å². The number of carbonyl (C=O) groups is 2. The fourth-order valence-corrected chi connectivity index (χ4v) is 3.50. The Labute approximate surface area is 171 Å². The monoisotopic (exact) mass is 399 g/mol. The first kappa shape index (κ1) is 20.9. The number of likely N-dealkylation sites (tertiary alicyclic amines) is 1. The van der Waals surface area contributed by atoms with Crippen LogP contribution in [0.5, 0.6) is 0 Å². The molecule has 7 heteroatoms. The van der Waals surface area contributed by atoms with Crippen LogP contribution in [0.1, 0.15) is 52.0 Å². The second kappa shape index (κ2) is 8.68. The van der Waals surface area contributed by atoms with E-state index >= 15 is 0 Å². The molecule has 1 aliphatic rings. The van der Waals surface area contributed by atoms with Crippen LogP contribution < -0.4 is 5.32 Å². The third-order valence-electron chi connectivity index (χ3n) is 4.89. The molecule has 0 spiro atoms. The molecule has 0 bridgehead atoms. The SMILES string of the molecule is Cc1ccc(NC(=O)CCC2CCCN2C(=O)OC(C)(C)C)cc1-c1ncco1. The summed E-state index contributed by atoms with van der Waals surface area (Å²) in [6, 6.07) is 5.69. The molecule has 1 unspecified atom stereocenters. The van der Waals surface area contributed by atoms with Crippen LogP contribution in [0.4, 0.5) is 10.5 Å². The van der Waals surface area contributed by atoms with Gasteiger partial charge < -0.3 is 19.4 Å². The van der Waals surface area contributed by atoms with Crippen LogP contribution in [-0.2, 0) is 9.53 Å². The van der Waals surface area contributed by atoms with Crippen LogP contribution in [0.15, 0.2) is 35.1 Å². The van der Waals surface area contributed by atoms with Crippen molar-refractivity contribution in [1.29, 1.82) is 0 Å². The Balaban J connectivity index is 1.56. The van der Waals surface area contributed by atoms with E-state index in [1.807, 2.05) is 45.9 Å². The van der Waals surface area contributed by atoms with Gasteiger partial charge in [-0.1, -0.05) is 6.07 Å². The quantitative estimate of drug-likeness (QED) is 0.783. The molecule has 2 aromatic rings. The topological polar surface area (TPSA) is 84.7 Å². The highest BCUT2D eigenvalue weighted by Crippen LogP contribution is 2.26. The number of aryl methyl sites for hydroxylation is 1. The number of oxazole rings is 1. The van der Waals surface area contributed by atoms with E-state index in [1.165, 1.54) is 6.26 Å². The Morgan fingerprint density at radius 2 is 2.14 bits per heavy atom. The van der Waals surface area contributed by atoms with Gasteiger partial charge in [0.25, 0.3) is 0 Å². The van der Waals surface area contributed by atoms with E-state index in [1.54, 1.807) is 11.1 Å². The van der Waals surface area contributed by atoms with E-state index in [2.05, 4.69) is 10.3 Å². The zero-order valence-electron chi connectivity index (χ0n) is 17.5. The molecule has 0 aliphatic carbocycles. The first-order valence-corrected chi connectivity index (χ1v) is 10.0. The maximum Gasteiger partial charge on any atom is 0.410 e. The molecule has 1 aromatic carbocycles. The largest absolute Gasteiger partial charge is 0.445 e. The van der Waals surface area contributed by atoms with Gasteiger partial charge in [0.1, 0.15) is 11.9 Å². The van der Waals surface area contributed by atoms with Crippen molar-refractivity contribution in [2.45, 2.75) is 65.0 Å². The molecule has 1 fully saturated rings. The second-order valence-electron chi connectivity index (χ2n) is 8.42. The number of hydrogen-bond donors (Lipinski definition) is 1. The van der Waals surface area contributed by atoms with E-state index < -0.39 is 5.60 Å². The standard InChI is InChI=1S/C22H29N3O4/c1-15-7-8-16(14-18(15)20-23-11-13-28-20)24-19(26)10-9-17-6-5-12-25(17)21(27)29-22(2,3)4/h7-8,11,13-14,17H,5-6,9-10,12H2,1-4H3,(H,24,26). The summed E-state index contributed by atoms with van der Waals surface area (Å²) in [6.07, 6.45) is 5.61. The molecule has 1 saturated heterocycles. The summed E-state index contributed by atoms with van der Waals surface area (Å²) in [5.41, 5.74) is 2.04. The van der Waals surface area contributed by atoms with Gasteiger partial charge in [-0.2, -0.15) is 0 Å². The molecule has 1 atom stereocenters. The van der Waals surface area contributed by atoms with Gasteiger partial charge in [-0.25, -0.2) is 9.78 Å². The number of benzene rings is 1. The molecule has 156 valence electrons. The predicted octanol–water partition coefficient (Wildman–Crippen LogP) is 4.77. The Hall–Kier alpha value is -2.83. The number of rotatable bonds is 5. The van der Waals surface area contributed by atoms with Gasteiger partial charge in [-0.15, -0.1) is 0 Å². The molecule has 0 radical (unpaired) electrons. The van der Waals surface area contributed by atoms with Crippen molar-refractivity contribution in [2.24, 2.45) is 0 Å². The van der Waals surface area contributed by atoms with E-state index in [0.717, 1.165) is 24.0 Å². The first-order chi connectivity index (χ1) is 13.7. The number of anilines is 1. The Kier molecular flexibility index (Phi) is 6.25. The van der Waals surface area contributed by atoms with Crippen molar-refractivity contribution in [1.82, 2.24) is 9.88 Å². The lowest BCUT2D eigenvalue weighted by molar-refractivity contribution is -0.116. The molecule has 2 amide bonds. The van der Waals surface area contributed by atoms with Crippen molar-refractivity contribution in [3.8, 4) is 11.5 Å². The number of nitrogens with one attached hydrogen (secondary N) is 1. The van der Waals surface area contributed by atoms with Gasteiger partial charge >= 0.3 is 6.09 Å². The molecule has 0 saturated carbocycles. The summed E-state index contributed by atoms with van der Waals surface area (Å²) in [5.74, 6) is 0.445. The smallest absolute Gasteiger partial charge is 0.410 e. The fraction of sp³-hybridized carbons (Fsp3) is 0.500. The molecular weight excluding hydrogens is 370 g/mol. The first-order valence-electron chi connectivity index (χ1n) is 10.0. The maximum atomic E-state index is 12.5. The van der Waals surface area contributed by atoms with Crippen LogP contribution >= 0.6 is 0 Å². The highest BCUT2D eigenvalue weighted by molar-refractivity contribution is 5.91. The van der Waals surface area contributed by atoms with Gasteiger partial charge in [0.2, 0.25) is 11.8 Å². The molecule has 7 nitrogen and oxygen atoms in total. The summed E-state index contributed by atoms with van der Waals surface area (Å²) in [5, 5.41) is 2.93. The number of carbonyl (C=O) groups excluding carboxylic acids is 2. The Morgan fingerprint density at radius 1 is 1.34 bits per heavy atom. The lowest BCUT2D eigenvalue weighted by atomic mass is 10.1. The summed E-state index contributed by atoms with van der Waals surface area (Å²) >= 11 is 0. The number of aromatic nitrogens is 1. The highest BCUT2D eigenvalue weighted by Gasteiger charge is 2.32. The second-order valence-corrected chi connectivity index (χ2v) is 8.42. The third kappa shape index (κ3) is 5.59. The number of nitrogens with zero attached hydrogens (tertiary/aromatic N) is 2. The Bertz CT molecular complexity index is 855. The van der Waals surface area contributed by atoms with Crippen molar-refractivity contribution in [3.05, 3.63) is 36.2 Å². The van der Waals surface area contributed by atoms with Gasteiger partial charge in [0.15, 0.2) is 0 Å². The lowest BCUT2D eigenvalue weighted by Gasteiger charge is -2.28. The third-order valence-corrected chi connectivity index (χ3v) is 4.89. The van der Waals surface area contributed by atoms with E-state index in [0.29, 0.717) is 31.0 Å². The fourth-order valence-electron chi connectivity index (χ4n) is 3.50. The van der Waals surface area contributed by atoms with E-state index in [-0.39, 0.29) is 18.0 Å². The van der Waals surface area contributed by atoms with Crippen molar-refractivity contribution >= 4 is 17.7 Å². The summed E-state index contributed by atoms with van der Waals surface area (Å²) < 4.78 is 10.9. The number of ether oxygens (including phenoxy) is 1. The van der Waals surface area contributed by atoms with Crippen molar-refractivity contribution < 1.29 is 18.7 Å². The molecular formula is C22H29N3O4. The van der Waals surface area contributed by atoms with Gasteiger partial charge in [0, 0.05) is 30.3 Å². The van der Waals surface area contributed by atoms with E-state index in [9.17, 15) is 9.59 Å². The van der Waals surface area contributed by atoms with Crippen LogP contribution in [0.25, 0.3) is 11.5 Å². The molecule has 3 rings (SSSR count). The van der Waals surface area contributed by atoms with Gasteiger partial charge in [-0.05, 0) is 64.7 Å². The van der Waals surface area contributed by atoms with Crippen LogP contribution in [0.3, 0.4) is 0 Å². The highest BCUT2D eigenvalue weighted by atomic mass is 16.6. The average molecular weight is 399 g/mol. The molecule has 29 heavy (non-hydrogen) atoms. The zero-order chi connectivity index (χ0) is 21.0. The molecule has 2 heterocycles. The Morgan fingerprint density at radius 3 is 2.83 bits per heavy atom. The summed E-state index contributed by atoms with van der Waals surface area (Å²) in [7, 11) is 0. The predicted molar refractivity (Wildman–Crippen MR) is 111 cm³/mol. The van der Waals surface area contributed by atoms with E-state index in [4.69, 9.17) is 9.15 Å². The van der Waals surface area contributed by atoms with Gasteiger partial charge in [0.05, 0.1) is 6.20 Å². The van der Waals surface area contributed by atoms with Crippen LogP contribution in [0, 0.1) is 6.92 Å². The minimum Gasteiger partial charge on any atom is -0.445 e. The summed E-state index contributed by atoms with van der Waals surface area (Å²) in [4.78, 5) is 30.8. The minimum atomic E-state index is -0.520. The van der Waals surface area contributed by atoms with Crippen LogP contribution in [0.2, 0.25) is 0 Å². The molecule has 1 N–H and O–H groups in total. The zero-order valence-corrected chi connectivity index (χ0v) is 17.5. The maximum absolute atomic E-state index is 12.5. The number of amides is 2. The normalized spacial score (nSPS) is 16.7. The lowest BCUT2D eigenvalue weighted by Crippen LogP contribution is -2.40. The van der Waals surface area contributed by atoms with Crippen LogP contribution in [-0.4, -0.2) is 40.1 Å². The molecule has 1 aromatic heterocycles. The molecule has 1 aliphatic heterocycles. The average Bonchev–Trinajstić information content (AvgIpc) is 3.32. The number of hydrogen-bond acceptors (Lipinski definition) is 5.